The van der Waals surface area contributed by atoms with Gasteiger partial charge in [0.1, 0.15) is 5.03 Å². The minimum absolute atomic E-state index is 0.0335. The van der Waals surface area contributed by atoms with Crippen LogP contribution in [0.5, 0.6) is 0 Å². The maximum absolute atomic E-state index is 12.2. The van der Waals surface area contributed by atoms with Gasteiger partial charge in [0.2, 0.25) is 5.91 Å². The highest BCUT2D eigenvalue weighted by Gasteiger charge is 2.11. The van der Waals surface area contributed by atoms with Gasteiger partial charge in [-0.1, -0.05) is 11.8 Å². The van der Waals surface area contributed by atoms with Gasteiger partial charge in [0.05, 0.1) is 10.7 Å². The van der Waals surface area contributed by atoms with Gasteiger partial charge in [0.25, 0.3) is 5.69 Å². The molecule has 4 rings (SSSR count). The number of carbonyl (C=O) groups is 1. The number of nitro benzene ring substituents is 1. The molecule has 144 valence electrons. The lowest BCUT2D eigenvalue weighted by atomic mass is 10.2. The number of nitrogens with zero attached hydrogens (tertiary/aromatic N) is 6. The van der Waals surface area contributed by atoms with E-state index in [0.717, 1.165) is 5.56 Å². The highest BCUT2D eigenvalue weighted by atomic mass is 32.2. The van der Waals surface area contributed by atoms with E-state index < -0.39 is 4.92 Å². The van der Waals surface area contributed by atoms with Crippen LogP contribution in [0.25, 0.3) is 17.0 Å². The Morgan fingerprint density at radius 1 is 1.07 bits per heavy atom. The van der Waals surface area contributed by atoms with E-state index in [2.05, 4.69) is 25.6 Å². The van der Waals surface area contributed by atoms with Crippen molar-refractivity contribution in [3.05, 3.63) is 71.0 Å². The molecule has 0 aliphatic rings. The predicted molar refractivity (Wildman–Crippen MR) is 106 cm³/mol. The van der Waals surface area contributed by atoms with Crippen LogP contribution in [-0.2, 0) is 4.79 Å². The number of hydrogen-bond acceptors (Lipinski definition) is 8. The summed E-state index contributed by atoms with van der Waals surface area (Å²) in [5.74, 6) is 0.464. The van der Waals surface area contributed by atoms with Crippen LogP contribution >= 0.6 is 11.8 Å². The molecule has 0 spiro atoms. The van der Waals surface area contributed by atoms with Crippen LogP contribution in [-0.4, -0.2) is 41.4 Å². The average Bonchev–Trinajstić information content (AvgIpc) is 3.16. The van der Waals surface area contributed by atoms with E-state index >= 15 is 0 Å². The highest BCUT2D eigenvalue weighted by molar-refractivity contribution is 7.99. The molecule has 4 aromatic rings. The zero-order chi connectivity index (χ0) is 20.2. The molecule has 3 aromatic heterocycles. The number of thioether (sulfide) groups is 1. The zero-order valence-corrected chi connectivity index (χ0v) is 15.6. The van der Waals surface area contributed by atoms with Gasteiger partial charge < -0.3 is 5.32 Å². The molecule has 29 heavy (non-hydrogen) atoms. The first-order valence-electron chi connectivity index (χ1n) is 8.40. The molecule has 0 atom stereocenters. The second-order valence-electron chi connectivity index (χ2n) is 5.84. The molecule has 0 aliphatic heterocycles. The van der Waals surface area contributed by atoms with Crippen LogP contribution < -0.4 is 5.32 Å². The van der Waals surface area contributed by atoms with E-state index in [-0.39, 0.29) is 17.3 Å². The van der Waals surface area contributed by atoms with Crippen molar-refractivity contribution in [1.29, 1.82) is 0 Å². The molecule has 0 fully saturated rings. The van der Waals surface area contributed by atoms with Crippen molar-refractivity contribution in [3.8, 4) is 11.4 Å². The standard InChI is InChI=1S/C18H13N7O3S/c26-16(20-13-1-3-14(4-2-13)25(27)28)11-29-17-6-5-15-21-22-18(24(15)23-17)12-7-9-19-10-8-12/h1-10H,11H2,(H,20,26). The molecule has 0 saturated carbocycles. The topological polar surface area (TPSA) is 128 Å². The van der Waals surface area contributed by atoms with E-state index in [1.807, 2.05) is 12.1 Å². The fourth-order valence-electron chi connectivity index (χ4n) is 2.53. The van der Waals surface area contributed by atoms with Gasteiger partial charge in [-0.05, 0) is 36.4 Å². The van der Waals surface area contributed by atoms with E-state index in [0.29, 0.717) is 22.2 Å². The number of pyridine rings is 1. The molecule has 0 aliphatic carbocycles. The van der Waals surface area contributed by atoms with Crippen molar-refractivity contribution in [2.24, 2.45) is 0 Å². The molecule has 1 aromatic carbocycles. The maximum atomic E-state index is 12.2. The molecule has 0 radical (unpaired) electrons. The van der Waals surface area contributed by atoms with Gasteiger partial charge in [-0.3, -0.25) is 19.9 Å². The summed E-state index contributed by atoms with van der Waals surface area (Å²) >= 11 is 1.26. The SMILES string of the molecule is O=C(CSc1ccc2nnc(-c3ccncc3)n2n1)Nc1ccc([N+](=O)[O-])cc1. The number of rotatable bonds is 6. The Morgan fingerprint density at radius 3 is 2.55 bits per heavy atom. The van der Waals surface area contributed by atoms with Gasteiger partial charge >= 0.3 is 0 Å². The Hall–Kier alpha value is -3.86. The average molecular weight is 407 g/mol. The summed E-state index contributed by atoms with van der Waals surface area (Å²) < 4.78 is 1.62. The van der Waals surface area contributed by atoms with Gasteiger partial charge in [0.15, 0.2) is 11.5 Å². The monoisotopic (exact) mass is 407 g/mol. The first-order valence-corrected chi connectivity index (χ1v) is 9.39. The highest BCUT2D eigenvalue weighted by Crippen LogP contribution is 2.21. The Balaban J connectivity index is 1.44. The fourth-order valence-corrected chi connectivity index (χ4v) is 3.19. The number of nitro groups is 1. The molecule has 11 heteroatoms. The van der Waals surface area contributed by atoms with Crippen LogP contribution in [0, 0.1) is 10.1 Å². The van der Waals surface area contributed by atoms with Gasteiger partial charge in [0, 0.05) is 35.8 Å². The Kier molecular flexibility index (Phi) is 5.12. The van der Waals surface area contributed by atoms with E-state index in [1.54, 1.807) is 29.0 Å². The summed E-state index contributed by atoms with van der Waals surface area (Å²) in [4.78, 5) is 26.3. The number of carbonyl (C=O) groups excluding carboxylic acids is 1. The van der Waals surface area contributed by atoms with Crippen molar-refractivity contribution < 1.29 is 9.72 Å². The molecule has 3 heterocycles. The summed E-state index contributed by atoms with van der Waals surface area (Å²) in [6, 6.07) is 12.8. The lowest BCUT2D eigenvalue weighted by Gasteiger charge is -2.05. The van der Waals surface area contributed by atoms with Gasteiger partial charge in [-0.25, -0.2) is 0 Å². The minimum Gasteiger partial charge on any atom is -0.325 e. The molecule has 0 saturated heterocycles. The number of hydrogen-bond donors (Lipinski definition) is 1. The van der Waals surface area contributed by atoms with E-state index in [1.165, 1.54) is 36.0 Å². The number of aromatic nitrogens is 5. The molecular weight excluding hydrogens is 394 g/mol. The van der Waals surface area contributed by atoms with Crippen LogP contribution in [0.1, 0.15) is 0 Å². The quantitative estimate of drug-likeness (QED) is 0.293. The summed E-state index contributed by atoms with van der Waals surface area (Å²) in [5, 5.41) is 26.8. The summed E-state index contributed by atoms with van der Waals surface area (Å²) in [6.45, 7) is 0. The zero-order valence-electron chi connectivity index (χ0n) is 14.8. The van der Waals surface area contributed by atoms with E-state index in [4.69, 9.17) is 0 Å². The first kappa shape index (κ1) is 18.5. The number of anilines is 1. The van der Waals surface area contributed by atoms with Crippen LogP contribution in [0.2, 0.25) is 0 Å². The molecule has 0 unspecified atom stereocenters. The van der Waals surface area contributed by atoms with Crippen LogP contribution in [0.15, 0.2) is 66.0 Å². The lowest BCUT2D eigenvalue weighted by Crippen LogP contribution is -2.14. The summed E-state index contributed by atoms with van der Waals surface area (Å²) in [5.41, 5.74) is 1.88. The smallest absolute Gasteiger partial charge is 0.269 e. The third-order valence-electron chi connectivity index (χ3n) is 3.89. The summed E-state index contributed by atoms with van der Waals surface area (Å²) in [7, 11) is 0. The lowest BCUT2D eigenvalue weighted by molar-refractivity contribution is -0.384. The Labute approximate surface area is 168 Å². The number of nitrogens with one attached hydrogen (secondary N) is 1. The third kappa shape index (κ3) is 4.19. The first-order chi connectivity index (χ1) is 14.1. The van der Waals surface area contributed by atoms with Crippen molar-refractivity contribution in [3.63, 3.8) is 0 Å². The summed E-state index contributed by atoms with van der Waals surface area (Å²) in [6.07, 6.45) is 3.33. The molecule has 0 bridgehead atoms. The van der Waals surface area contributed by atoms with Crippen molar-refractivity contribution in [2.75, 3.05) is 11.1 Å². The number of amides is 1. The van der Waals surface area contributed by atoms with Crippen LogP contribution in [0.3, 0.4) is 0 Å². The Bertz CT molecular complexity index is 1180. The molecule has 1 amide bonds. The second kappa shape index (κ2) is 8.02. The second-order valence-corrected chi connectivity index (χ2v) is 6.84. The number of non-ortho nitro benzene ring substituents is 1. The van der Waals surface area contributed by atoms with Gasteiger partial charge in [-0.2, -0.15) is 9.61 Å². The molecule has 1 N–H and O–H groups in total. The Morgan fingerprint density at radius 2 is 1.83 bits per heavy atom. The van der Waals surface area contributed by atoms with E-state index in [9.17, 15) is 14.9 Å². The van der Waals surface area contributed by atoms with Gasteiger partial charge in [-0.15, -0.1) is 10.2 Å². The third-order valence-corrected chi connectivity index (χ3v) is 4.81. The van der Waals surface area contributed by atoms with Crippen molar-refractivity contribution in [1.82, 2.24) is 24.8 Å². The number of fused-ring (bicyclic) bond motifs is 1. The molecular formula is C18H13N7O3S. The maximum Gasteiger partial charge on any atom is 0.269 e. The largest absolute Gasteiger partial charge is 0.325 e. The van der Waals surface area contributed by atoms with Crippen LogP contribution in [0.4, 0.5) is 11.4 Å². The predicted octanol–water partition coefficient (Wildman–Crippen LogP) is 2.83. The van der Waals surface area contributed by atoms with Crippen molar-refractivity contribution >= 4 is 34.7 Å². The fraction of sp³-hybridized carbons (Fsp3) is 0.0556. The minimum atomic E-state index is -0.492. The normalized spacial score (nSPS) is 10.8. The number of benzene rings is 1. The van der Waals surface area contributed by atoms with Crippen molar-refractivity contribution in [2.45, 2.75) is 5.03 Å². The molecule has 10 nitrogen and oxygen atoms in total.